The van der Waals surface area contributed by atoms with Crippen molar-refractivity contribution in [3.63, 3.8) is 0 Å². The van der Waals surface area contributed by atoms with Crippen molar-refractivity contribution in [3.8, 4) is 0 Å². The van der Waals surface area contributed by atoms with Crippen LogP contribution in [0.3, 0.4) is 0 Å². The van der Waals surface area contributed by atoms with Crippen LogP contribution in [0.4, 0.5) is 0 Å². The van der Waals surface area contributed by atoms with Gasteiger partial charge in [0.25, 0.3) is 5.56 Å². The van der Waals surface area contributed by atoms with Gasteiger partial charge >= 0.3 is 5.69 Å². The molecule has 1 aromatic heterocycles. The molecule has 138 valence electrons. The molecule has 4 atom stereocenters. The first-order chi connectivity index (χ1) is 11.7. The van der Waals surface area contributed by atoms with Gasteiger partial charge in [-0.05, 0) is 27.2 Å². The first-order valence-electron chi connectivity index (χ1n) is 8.17. The van der Waals surface area contributed by atoms with E-state index >= 15 is 0 Å². The van der Waals surface area contributed by atoms with Crippen LogP contribution in [-0.4, -0.2) is 51.1 Å². The van der Waals surface area contributed by atoms with Crippen LogP contribution in [0, 0.1) is 0 Å². The number of nitrogens with zero attached hydrogens (tertiary/aromatic N) is 1. The van der Waals surface area contributed by atoms with Crippen molar-refractivity contribution in [2.75, 3.05) is 6.61 Å². The summed E-state index contributed by atoms with van der Waals surface area (Å²) in [5.41, 5.74) is -0.868. The maximum Gasteiger partial charge on any atom is 0.330 e. The Morgan fingerprint density at radius 3 is 2.64 bits per heavy atom. The summed E-state index contributed by atoms with van der Waals surface area (Å²) in [6, 6.07) is 0. The largest absolute Gasteiger partial charge is 0.394 e. The van der Waals surface area contributed by atoms with E-state index in [0.29, 0.717) is 5.56 Å². The summed E-state index contributed by atoms with van der Waals surface area (Å²) in [5, 5.41) is 9.52. The molecule has 0 spiro atoms. The zero-order chi connectivity index (χ0) is 18.4. The second-order valence-electron chi connectivity index (χ2n) is 6.84. The first-order valence-corrected chi connectivity index (χ1v) is 8.17. The fraction of sp³-hybridized carbons (Fsp3) is 0.688. The summed E-state index contributed by atoms with van der Waals surface area (Å²) in [7, 11) is 0. The molecular weight excluding hydrogens is 332 g/mol. The Kier molecular flexibility index (Phi) is 4.67. The summed E-state index contributed by atoms with van der Waals surface area (Å²) < 4.78 is 18.6. The molecule has 9 heteroatoms. The van der Waals surface area contributed by atoms with Crippen LogP contribution in [0.2, 0.25) is 0 Å². The van der Waals surface area contributed by atoms with E-state index in [-0.39, 0.29) is 25.2 Å². The molecule has 3 rings (SSSR count). The third-order valence-electron chi connectivity index (χ3n) is 4.37. The lowest BCUT2D eigenvalue weighted by atomic mass is 10.1. The zero-order valence-corrected chi connectivity index (χ0v) is 14.4. The molecule has 2 aliphatic rings. The number of aromatic amines is 1. The number of aromatic nitrogens is 2. The van der Waals surface area contributed by atoms with E-state index in [9.17, 15) is 19.5 Å². The highest BCUT2D eigenvalue weighted by Crippen LogP contribution is 2.42. The highest BCUT2D eigenvalue weighted by Gasteiger charge is 2.55. The molecule has 2 saturated heterocycles. The Bertz CT molecular complexity index is 781. The monoisotopic (exact) mass is 354 g/mol. The van der Waals surface area contributed by atoms with Crippen LogP contribution >= 0.6 is 0 Å². The average Bonchev–Trinajstić information content (AvgIpc) is 2.99. The summed E-state index contributed by atoms with van der Waals surface area (Å²) in [4.78, 5) is 37.6. The third kappa shape index (κ3) is 3.45. The van der Waals surface area contributed by atoms with E-state index in [2.05, 4.69) is 4.98 Å². The number of carbonyl (C=O) groups is 1. The van der Waals surface area contributed by atoms with Crippen LogP contribution < -0.4 is 11.2 Å². The predicted molar refractivity (Wildman–Crippen MR) is 85.1 cm³/mol. The number of hydrogen-bond acceptors (Lipinski definition) is 7. The van der Waals surface area contributed by atoms with Crippen molar-refractivity contribution >= 4 is 5.78 Å². The maximum atomic E-state index is 12.3. The molecule has 0 bridgehead atoms. The first kappa shape index (κ1) is 18.0. The number of carbonyl (C=O) groups excluding carboxylic acids is 1. The van der Waals surface area contributed by atoms with Gasteiger partial charge in [-0.1, -0.05) is 0 Å². The summed E-state index contributed by atoms with van der Waals surface area (Å²) in [6.07, 6.45) is -0.801. The van der Waals surface area contributed by atoms with Crippen LogP contribution in [0.15, 0.2) is 15.8 Å². The molecule has 3 heterocycles. The fourth-order valence-corrected chi connectivity index (χ4v) is 3.23. The number of ketones is 1. The van der Waals surface area contributed by atoms with Gasteiger partial charge in [-0.2, -0.15) is 0 Å². The second kappa shape index (κ2) is 6.49. The predicted octanol–water partition coefficient (Wildman–Crippen LogP) is -0.532. The minimum Gasteiger partial charge on any atom is -0.394 e. The van der Waals surface area contributed by atoms with Crippen molar-refractivity contribution in [2.45, 2.75) is 63.9 Å². The van der Waals surface area contributed by atoms with E-state index in [4.69, 9.17) is 14.2 Å². The smallest absolute Gasteiger partial charge is 0.330 e. The molecule has 0 aliphatic carbocycles. The lowest BCUT2D eigenvalue weighted by molar-refractivity contribution is -0.200. The van der Waals surface area contributed by atoms with Gasteiger partial charge < -0.3 is 24.1 Å². The van der Waals surface area contributed by atoms with Crippen LogP contribution in [0.25, 0.3) is 0 Å². The van der Waals surface area contributed by atoms with Gasteiger partial charge in [-0.15, -0.1) is 0 Å². The number of aliphatic hydroxyl groups excluding tert-OH is 1. The van der Waals surface area contributed by atoms with E-state index < -0.39 is 41.6 Å². The van der Waals surface area contributed by atoms with Crippen LogP contribution in [0.1, 0.15) is 39.0 Å². The Balaban J connectivity index is 1.95. The number of aryl methyl sites for hydroxylation is 1. The summed E-state index contributed by atoms with van der Waals surface area (Å²) in [6.45, 7) is 4.63. The van der Waals surface area contributed by atoms with Gasteiger partial charge in [0.1, 0.15) is 24.1 Å². The minimum atomic E-state index is -0.867. The van der Waals surface area contributed by atoms with Crippen molar-refractivity contribution in [2.24, 2.45) is 0 Å². The summed E-state index contributed by atoms with van der Waals surface area (Å²) in [5.74, 6) is -0.919. The molecule has 0 aromatic carbocycles. The van der Waals surface area contributed by atoms with Gasteiger partial charge in [-0.3, -0.25) is 14.3 Å². The average molecular weight is 354 g/mol. The third-order valence-corrected chi connectivity index (χ3v) is 4.37. The normalized spacial score (nSPS) is 30.4. The van der Waals surface area contributed by atoms with Gasteiger partial charge in [0, 0.05) is 18.2 Å². The molecule has 9 nitrogen and oxygen atoms in total. The number of H-pyrrole nitrogens is 1. The topological polar surface area (TPSA) is 120 Å². The fourth-order valence-electron chi connectivity index (χ4n) is 3.23. The number of nitrogens with one attached hydrogen (secondary N) is 1. The lowest BCUT2D eigenvalue weighted by Gasteiger charge is -2.24. The van der Waals surface area contributed by atoms with Crippen molar-refractivity contribution in [1.29, 1.82) is 0 Å². The highest BCUT2D eigenvalue weighted by atomic mass is 16.8. The zero-order valence-electron chi connectivity index (χ0n) is 14.4. The molecule has 2 N–H and O–H groups in total. The van der Waals surface area contributed by atoms with Crippen molar-refractivity contribution in [3.05, 3.63) is 32.6 Å². The number of aliphatic hydroxyl groups is 1. The number of hydrogen-bond donors (Lipinski definition) is 2. The van der Waals surface area contributed by atoms with Gasteiger partial charge in [0.15, 0.2) is 12.0 Å². The van der Waals surface area contributed by atoms with E-state index in [0.717, 1.165) is 0 Å². The number of rotatable bonds is 5. The summed E-state index contributed by atoms with van der Waals surface area (Å²) >= 11 is 0. The molecule has 2 fully saturated rings. The van der Waals surface area contributed by atoms with Gasteiger partial charge in [-0.25, -0.2) is 4.79 Å². The maximum absolute atomic E-state index is 12.3. The minimum absolute atomic E-state index is 0.0519. The quantitative estimate of drug-likeness (QED) is 0.729. The SMILES string of the molecule is CC(=O)CCc1cn([C@@H]2O[C@H](CO)C3OC(C)(C)OC32)c(=O)[nH]c1=O. The van der Waals surface area contributed by atoms with Crippen LogP contribution in [-0.2, 0) is 25.4 Å². The van der Waals surface area contributed by atoms with E-state index in [1.165, 1.54) is 17.7 Å². The van der Waals surface area contributed by atoms with E-state index in [1.807, 2.05) is 0 Å². The van der Waals surface area contributed by atoms with Gasteiger partial charge in [0.2, 0.25) is 0 Å². The number of fused-ring (bicyclic) bond motifs is 1. The standard InChI is InChI=1S/C16H22N2O7/c1-8(20)4-5-9-6-18(15(22)17-13(9)21)14-12-11(10(7-19)23-14)24-16(2,3)25-12/h6,10-12,14,19H,4-5,7H2,1-3H3,(H,17,21,22)/t10-,11?,12?,14-/m1/s1. The Labute approximate surface area is 143 Å². The second-order valence-corrected chi connectivity index (χ2v) is 6.84. The molecule has 1 aromatic rings. The lowest BCUT2D eigenvalue weighted by Crippen LogP contribution is -2.38. The molecule has 0 amide bonds. The van der Waals surface area contributed by atoms with Crippen molar-refractivity contribution in [1.82, 2.24) is 9.55 Å². The Morgan fingerprint density at radius 2 is 2.00 bits per heavy atom. The van der Waals surface area contributed by atoms with Gasteiger partial charge in [0.05, 0.1) is 6.61 Å². The number of ether oxygens (including phenoxy) is 3. The van der Waals surface area contributed by atoms with Crippen LogP contribution in [0.5, 0.6) is 0 Å². The van der Waals surface area contributed by atoms with E-state index in [1.54, 1.807) is 13.8 Å². The number of Topliss-reactive ketones (excluding diaryl/α,β-unsaturated/α-hetero) is 1. The molecule has 0 radical (unpaired) electrons. The Hall–Kier alpha value is -1.81. The molecular formula is C16H22N2O7. The molecule has 25 heavy (non-hydrogen) atoms. The molecule has 2 aliphatic heterocycles. The highest BCUT2D eigenvalue weighted by molar-refractivity contribution is 5.75. The molecule has 2 unspecified atom stereocenters. The Morgan fingerprint density at radius 1 is 1.32 bits per heavy atom. The molecule has 0 saturated carbocycles. The van der Waals surface area contributed by atoms with Crippen molar-refractivity contribution < 1.29 is 24.1 Å².